The van der Waals surface area contributed by atoms with Gasteiger partial charge in [-0.15, -0.1) is 11.3 Å². The van der Waals surface area contributed by atoms with Gasteiger partial charge in [0.25, 0.3) is 0 Å². The van der Waals surface area contributed by atoms with Crippen molar-refractivity contribution in [2.75, 3.05) is 34.3 Å². The zero-order chi connectivity index (χ0) is 23.6. The average molecular weight is 466 g/mol. The van der Waals surface area contributed by atoms with Gasteiger partial charge in [-0.05, 0) is 42.5 Å². The number of ether oxygens (including phenoxy) is 1. The largest absolute Gasteiger partial charge is 0.550 e. The van der Waals surface area contributed by atoms with Crippen molar-refractivity contribution >= 4 is 27.5 Å². The lowest BCUT2D eigenvalue weighted by molar-refractivity contribution is -0.870. The lowest BCUT2D eigenvalue weighted by Crippen LogP contribution is -2.38. The van der Waals surface area contributed by atoms with E-state index in [2.05, 4.69) is 45.2 Å². The molecule has 174 valence electrons. The first-order chi connectivity index (χ1) is 15.6. The number of aliphatic carboxylic acids is 1. The van der Waals surface area contributed by atoms with Crippen LogP contribution in [0.15, 0.2) is 54.7 Å². The highest BCUT2D eigenvalue weighted by Crippen LogP contribution is 2.43. The van der Waals surface area contributed by atoms with Crippen LogP contribution >= 0.6 is 11.3 Å². The van der Waals surface area contributed by atoms with E-state index < -0.39 is 11.4 Å². The summed E-state index contributed by atoms with van der Waals surface area (Å²) in [5, 5.41) is 15.9. The molecule has 7 heteroatoms. The molecule has 4 rings (SSSR count). The number of carbonyl (C=O) groups is 1. The maximum atomic E-state index is 11.6. The second-order valence-corrected chi connectivity index (χ2v) is 11.0. The third-order valence-electron chi connectivity index (χ3n) is 6.19. The summed E-state index contributed by atoms with van der Waals surface area (Å²) in [6.07, 6.45) is 1.24. The number of thiazole rings is 1. The number of carbonyl (C=O) groups excluding carboxylic acids is 1. The highest BCUT2D eigenvalue weighted by atomic mass is 32.1. The SMILES string of the molecule is C=C(NCc1nc2cc(OCC[N+](C)(C)C)ccc2s1)C1(CC(=O)[O-])Cc2ccccc2C1. The molecular weight excluding hydrogens is 434 g/mol. The molecule has 0 atom stereocenters. The Balaban J connectivity index is 1.42. The molecule has 0 spiro atoms. The number of nitrogens with zero attached hydrogens (tertiary/aromatic N) is 2. The zero-order valence-electron chi connectivity index (χ0n) is 19.5. The van der Waals surface area contributed by atoms with Crippen LogP contribution in [0.3, 0.4) is 0 Å². The van der Waals surface area contributed by atoms with Crippen LogP contribution in [-0.4, -0.2) is 49.7 Å². The quantitative estimate of drug-likeness (QED) is 0.466. The van der Waals surface area contributed by atoms with E-state index >= 15 is 0 Å². The van der Waals surface area contributed by atoms with Gasteiger partial charge in [-0.1, -0.05) is 30.8 Å². The summed E-state index contributed by atoms with van der Waals surface area (Å²) in [5.41, 5.74) is 3.42. The summed E-state index contributed by atoms with van der Waals surface area (Å²) < 4.78 is 7.85. The molecule has 0 radical (unpaired) electrons. The van der Waals surface area contributed by atoms with Gasteiger partial charge in [0, 0.05) is 23.1 Å². The normalized spacial score (nSPS) is 14.8. The number of likely N-dealkylation sites (N-methyl/N-ethyl adjacent to an activating group) is 1. The number of nitrogens with one attached hydrogen (secondary N) is 1. The predicted octanol–water partition coefficient (Wildman–Crippen LogP) is 2.91. The van der Waals surface area contributed by atoms with Crippen LogP contribution < -0.4 is 15.2 Å². The standard InChI is InChI=1S/C26H31N3O3S/c1-18(26(16-25(30)31)14-19-7-5-6-8-20(19)15-26)27-17-24-28-22-13-21(9-10-23(22)33-24)32-12-11-29(2,3)4/h5-10,13,27H,1,11-12,14-17H2,2-4H3. The molecule has 1 aliphatic rings. The van der Waals surface area contributed by atoms with Crippen LogP contribution in [0.4, 0.5) is 0 Å². The molecule has 0 aliphatic heterocycles. The summed E-state index contributed by atoms with van der Waals surface area (Å²) in [7, 11) is 6.42. The van der Waals surface area contributed by atoms with Crippen molar-refractivity contribution in [1.29, 1.82) is 0 Å². The van der Waals surface area contributed by atoms with Gasteiger partial charge in [-0.25, -0.2) is 4.98 Å². The number of hydrogen-bond donors (Lipinski definition) is 1. The molecular formula is C26H31N3O3S. The molecule has 0 fully saturated rings. The summed E-state index contributed by atoms with van der Waals surface area (Å²) in [5.74, 6) is -0.231. The molecule has 0 amide bonds. The number of rotatable bonds is 10. The summed E-state index contributed by atoms with van der Waals surface area (Å²) in [4.78, 5) is 16.3. The van der Waals surface area contributed by atoms with Gasteiger partial charge in [-0.2, -0.15) is 0 Å². The monoisotopic (exact) mass is 465 g/mol. The second-order valence-electron chi connectivity index (χ2n) is 9.88. The lowest BCUT2D eigenvalue weighted by atomic mass is 9.78. The highest BCUT2D eigenvalue weighted by Gasteiger charge is 2.39. The Bertz CT molecular complexity index is 1150. The zero-order valence-corrected chi connectivity index (χ0v) is 20.3. The van der Waals surface area contributed by atoms with Crippen molar-refractivity contribution in [2.24, 2.45) is 5.41 Å². The predicted molar refractivity (Wildman–Crippen MR) is 130 cm³/mol. The molecule has 1 aromatic heterocycles. The molecule has 1 N–H and O–H groups in total. The number of carboxylic acid groups (broad SMARTS) is 1. The number of fused-ring (bicyclic) bond motifs is 2. The van der Waals surface area contributed by atoms with Crippen molar-refractivity contribution in [1.82, 2.24) is 10.3 Å². The van der Waals surface area contributed by atoms with Gasteiger partial charge in [-0.3, -0.25) is 0 Å². The Kier molecular flexibility index (Phi) is 6.45. The minimum atomic E-state index is -1.05. The minimum absolute atomic E-state index is 0.0542. The van der Waals surface area contributed by atoms with Gasteiger partial charge in [0.05, 0.1) is 37.9 Å². The Labute approximate surface area is 199 Å². The maximum absolute atomic E-state index is 11.6. The Hall–Kier alpha value is -2.90. The molecule has 33 heavy (non-hydrogen) atoms. The first-order valence-corrected chi connectivity index (χ1v) is 12.0. The van der Waals surface area contributed by atoms with Crippen LogP contribution in [0.1, 0.15) is 22.6 Å². The van der Waals surface area contributed by atoms with Crippen LogP contribution in [0.2, 0.25) is 0 Å². The summed E-state index contributed by atoms with van der Waals surface area (Å²) in [6, 6.07) is 14.1. The van der Waals surface area contributed by atoms with Crippen molar-refractivity contribution in [3.8, 4) is 5.75 Å². The topological polar surface area (TPSA) is 74.3 Å². The van der Waals surface area contributed by atoms with Gasteiger partial charge in [0.15, 0.2) is 0 Å². The van der Waals surface area contributed by atoms with Gasteiger partial charge < -0.3 is 24.4 Å². The average Bonchev–Trinajstić information content (AvgIpc) is 3.31. The fourth-order valence-electron chi connectivity index (χ4n) is 4.34. The van der Waals surface area contributed by atoms with E-state index in [9.17, 15) is 9.90 Å². The van der Waals surface area contributed by atoms with Crippen LogP contribution in [-0.2, 0) is 24.2 Å². The van der Waals surface area contributed by atoms with Gasteiger partial charge in [0.2, 0.25) is 0 Å². The van der Waals surface area contributed by atoms with Crippen molar-refractivity contribution in [3.05, 3.63) is 70.9 Å². The van der Waals surface area contributed by atoms with Crippen molar-refractivity contribution < 1.29 is 19.1 Å². The van der Waals surface area contributed by atoms with E-state index in [-0.39, 0.29) is 6.42 Å². The minimum Gasteiger partial charge on any atom is -0.550 e. The van der Waals surface area contributed by atoms with E-state index in [0.717, 1.165) is 37.7 Å². The van der Waals surface area contributed by atoms with Crippen molar-refractivity contribution in [3.63, 3.8) is 0 Å². The number of hydrogen-bond acceptors (Lipinski definition) is 6. The smallest absolute Gasteiger partial charge is 0.137 e. The van der Waals surface area contributed by atoms with E-state index in [0.29, 0.717) is 26.0 Å². The second kappa shape index (κ2) is 9.15. The third kappa shape index (κ3) is 5.54. The maximum Gasteiger partial charge on any atom is 0.137 e. The number of allylic oxidation sites excluding steroid dienone is 1. The summed E-state index contributed by atoms with van der Waals surface area (Å²) in [6.45, 7) is 6.31. The Morgan fingerprint density at radius 1 is 1.21 bits per heavy atom. The molecule has 0 bridgehead atoms. The van der Waals surface area contributed by atoms with E-state index in [4.69, 9.17) is 9.72 Å². The van der Waals surface area contributed by atoms with Crippen molar-refractivity contribution in [2.45, 2.75) is 25.8 Å². The van der Waals surface area contributed by atoms with E-state index in [1.54, 1.807) is 11.3 Å². The van der Waals surface area contributed by atoms with Crippen LogP contribution in [0, 0.1) is 5.41 Å². The third-order valence-corrected chi connectivity index (χ3v) is 7.22. The highest BCUT2D eigenvalue weighted by molar-refractivity contribution is 7.18. The number of benzene rings is 2. The van der Waals surface area contributed by atoms with Crippen LogP contribution in [0.25, 0.3) is 10.2 Å². The van der Waals surface area contributed by atoms with Crippen LogP contribution in [0.5, 0.6) is 5.75 Å². The molecule has 6 nitrogen and oxygen atoms in total. The fourth-order valence-corrected chi connectivity index (χ4v) is 5.23. The fraction of sp³-hybridized carbons (Fsp3) is 0.385. The molecule has 2 aromatic carbocycles. The number of carboxylic acids is 1. The lowest BCUT2D eigenvalue weighted by Gasteiger charge is -2.32. The summed E-state index contributed by atoms with van der Waals surface area (Å²) >= 11 is 1.62. The van der Waals surface area contributed by atoms with E-state index in [1.165, 1.54) is 11.1 Å². The number of aromatic nitrogens is 1. The molecule has 0 unspecified atom stereocenters. The van der Waals surface area contributed by atoms with E-state index in [1.807, 2.05) is 30.3 Å². The molecule has 0 saturated carbocycles. The first-order valence-electron chi connectivity index (χ1n) is 11.2. The molecule has 3 aromatic rings. The van der Waals surface area contributed by atoms with Gasteiger partial charge in [0.1, 0.15) is 23.9 Å². The Morgan fingerprint density at radius 2 is 1.91 bits per heavy atom. The molecule has 1 aliphatic carbocycles. The first kappa shape index (κ1) is 23.3. The van der Waals surface area contributed by atoms with Gasteiger partial charge >= 0.3 is 0 Å². The Morgan fingerprint density at radius 3 is 2.55 bits per heavy atom. The molecule has 1 heterocycles. The molecule has 0 saturated heterocycles. The number of quaternary nitrogens is 1.